The van der Waals surface area contributed by atoms with Crippen LogP contribution in [0.25, 0.3) is 6.08 Å². The van der Waals surface area contributed by atoms with Crippen LogP contribution in [-0.2, 0) is 4.79 Å². The maximum Gasteiger partial charge on any atom is 0.250 e. The Morgan fingerprint density at radius 3 is 2.80 bits per heavy atom. The van der Waals surface area contributed by atoms with Crippen molar-refractivity contribution in [3.63, 3.8) is 0 Å². The molecule has 1 amide bonds. The molecule has 0 bridgehead atoms. The molecule has 1 aromatic carbocycles. The molecule has 3 heterocycles. The van der Waals surface area contributed by atoms with Crippen molar-refractivity contribution in [2.45, 2.75) is 18.9 Å². The van der Waals surface area contributed by atoms with Gasteiger partial charge in [0.15, 0.2) is 0 Å². The third-order valence-electron chi connectivity index (χ3n) is 4.83. The van der Waals surface area contributed by atoms with Crippen LogP contribution in [0.4, 0.5) is 0 Å². The van der Waals surface area contributed by atoms with Crippen LogP contribution in [-0.4, -0.2) is 37.0 Å². The van der Waals surface area contributed by atoms with Crippen LogP contribution in [0.2, 0.25) is 0 Å². The molecule has 1 aromatic heterocycles. The Kier molecular flexibility index (Phi) is 4.57. The van der Waals surface area contributed by atoms with Crippen LogP contribution in [0.15, 0.2) is 52.7 Å². The highest BCUT2D eigenvalue weighted by Gasteiger charge is 2.26. The maximum atomic E-state index is 12.6. The standard InChI is InChI=1S/C20H22N2O3/c23-20(16-12-15-6-1-2-7-18(15)25-14-16)21-13-17(19-8-5-11-24-19)22-9-3-4-10-22/h1-2,5-8,11-12,17H,3-4,9-10,13-14H2,(H,21,23). The number of fused-ring (bicyclic) bond motifs is 1. The lowest BCUT2D eigenvalue weighted by atomic mass is 10.1. The zero-order valence-electron chi connectivity index (χ0n) is 14.1. The lowest BCUT2D eigenvalue weighted by molar-refractivity contribution is -0.118. The second-order valence-corrected chi connectivity index (χ2v) is 6.48. The SMILES string of the molecule is O=C(NCC(c1ccco1)N1CCCC1)C1=Cc2ccccc2OC1. The van der Waals surface area contributed by atoms with Gasteiger partial charge in [0.05, 0.1) is 17.9 Å². The van der Waals surface area contributed by atoms with Crippen LogP contribution in [0.3, 0.4) is 0 Å². The number of hydrogen-bond acceptors (Lipinski definition) is 4. The molecule has 1 atom stereocenters. The van der Waals surface area contributed by atoms with Crippen LogP contribution in [0, 0.1) is 0 Å². The minimum atomic E-state index is -0.0785. The van der Waals surface area contributed by atoms with Crippen molar-refractivity contribution in [3.8, 4) is 5.75 Å². The summed E-state index contributed by atoms with van der Waals surface area (Å²) in [7, 11) is 0. The first kappa shape index (κ1) is 16.0. The topological polar surface area (TPSA) is 54.7 Å². The van der Waals surface area contributed by atoms with E-state index in [9.17, 15) is 4.79 Å². The Balaban J connectivity index is 1.44. The summed E-state index contributed by atoms with van der Waals surface area (Å²) in [5.41, 5.74) is 1.60. The molecule has 0 radical (unpaired) electrons. The maximum absolute atomic E-state index is 12.6. The fourth-order valence-electron chi connectivity index (χ4n) is 3.49. The third-order valence-corrected chi connectivity index (χ3v) is 4.83. The minimum Gasteiger partial charge on any atom is -0.488 e. The number of para-hydroxylation sites is 1. The molecule has 1 N–H and O–H groups in total. The van der Waals surface area contributed by atoms with E-state index in [-0.39, 0.29) is 11.9 Å². The summed E-state index contributed by atoms with van der Waals surface area (Å²) >= 11 is 0. The normalized spacial score (nSPS) is 18.2. The van der Waals surface area contributed by atoms with E-state index >= 15 is 0 Å². The average molecular weight is 338 g/mol. The van der Waals surface area contributed by atoms with Gasteiger partial charge in [-0.1, -0.05) is 18.2 Å². The summed E-state index contributed by atoms with van der Waals surface area (Å²) in [4.78, 5) is 15.0. The third kappa shape index (κ3) is 3.46. The number of nitrogens with zero attached hydrogens (tertiary/aromatic N) is 1. The Hall–Kier alpha value is -2.53. The van der Waals surface area contributed by atoms with Crippen molar-refractivity contribution < 1.29 is 13.9 Å². The van der Waals surface area contributed by atoms with E-state index in [2.05, 4.69) is 10.2 Å². The second kappa shape index (κ2) is 7.15. The number of likely N-dealkylation sites (tertiary alicyclic amines) is 1. The van der Waals surface area contributed by atoms with Crippen molar-refractivity contribution in [2.75, 3.05) is 26.2 Å². The molecule has 2 aromatic rings. The number of amides is 1. The Morgan fingerprint density at radius 2 is 2.00 bits per heavy atom. The number of furan rings is 1. The first-order valence-electron chi connectivity index (χ1n) is 8.79. The Morgan fingerprint density at radius 1 is 1.16 bits per heavy atom. The van der Waals surface area contributed by atoms with Crippen molar-refractivity contribution in [1.82, 2.24) is 10.2 Å². The highest BCUT2D eigenvalue weighted by Crippen LogP contribution is 2.27. The van der Waals surface area contributed by atoms with E-state index < -0.39 is 0 Å². The van der Waals surface area contributed by atoms with Gasteiger partial charge in [-0.3, -0.25) is 9.69 Å². The highest BCUT2D eigenvalue weighted by molar-refractivity contribution is 5.99. The number of ether oxygens (including phenoxy) is 1. The van der Waals surface area contributed by atoms with Crippen LogP contribution in [0.1, 0.15) is 30.2 Å². The van der Waals surface area contributed by atoms with Gasteiger partial charge in [0.25, 0.3) is 5.91 Å². The van der Waals surface area contributed by atoms with E-state index in [1.54, 1.807) is 6.26 Å². The number of rotatable bonds is 5. The molecule has 0 saturated carbocycles. The van der Waals surface area contributed by atoms with Gasteiger partial charge in [0.1, 0.15) is 18.1 Å². The molecule has 2 aliphatic heterocycles. The summed E-state index contributed by atoms with van der Waals surface area (Å²) < 4.78 is 11.3. The molecule has 5 heteroatoms. The highest BCUT2D eigenvalue weighted by atomic mass is 16.5. The van der Waals surface area contributed by atoms with Crippen LogP contribution in [0.5, 0.6) is 5.75 Å². The Bertz CT molecular complexity index is 761. The molecule has 0 aliphatic carbocycles. The van der Waals surface area contributed by atoms with E-state index in [1.165, 1.54) is 12.8 Å². The van der Waals surface area contributed by atoms with Crippen molar-refractivity contribution >= 4 is 12.0 Å². The van der Waals surface area contributed by atoms with Gasteiger partial charge >= 0.3 is 0 Å². The molecule has 1 unspecified atom stereocenters. The van der Waals surface area contributed by atoms with Crippen molar-refractivity contribution in [3.05, 3.63) is 59.6 Å². The van der Waals surface area contributed by atoms with Gasteiger partial charge < -0.3 is 14.5 Å². The number of benzene rings is 1. The summed E-state index contributed by atoms with van der Waals surface area (Å²) in [6.07, 6.45) is 5.99. The van der Waals surface area contributed by atoms with E-state index in [1.807, 2.05) is 42.5 Å². The molecule has 2 aliphatic rings. The van der Waals surface area contributed by atoms with Crippen molar-refractivity contribution in [1.29, 1.82) is 0 Å². The first-order valence-corrected chi connectivity index (χ1v) is 8.79. The van der Waals surface area contributed by atoms with Crippen LogP contribution >= 0.6 is 0 Å². The van der Waals surface area contributed by atoms with E-state index in [4.69, 9.17) is 9.15 Å². The monoisotopic (exact) mass is 338 g/mol. The van der Waals surface area contributed by atoms with Gasteiger partial charge in [-0.05, 0) is 50.2 Å². The quantitative estimate of drug-likeness (QED) is 0.910. The van der Waals surface area contributed by atoms with Gasteiger partial charge in [-0.15, -0.1) is 0 Å². The zero-order chi connectivity index (χ0) is 17.1. The molecule has 25 heavy (non-hydrogen) atoms. The molecule has 0 spiro atoms. The molecular weight excluding hydrogens is 316 g/mol. The molecule has 5 nitrogen and oxygen atoms in total. The summed E-state index contributed by atoms with van der Waals surface area (Å²) in [5.74, 6) is 1.65. The van der Waals surface area contributed by atoms with Gasteiger partial charge in [-0.2, -0.15) is 0 Å². The average Bonchev–Trinajstić information content (AvgIpc) is 3.36. The smallest absolute Gasteiger partial charge is 0.250 e. The molecule has 1 saturated heterocycles. The molecular formula is C20H22N2O3. The fourth-order valence-corrected chi connectivity index (χ4v) is 3.49. The second-order valence-electron chi connectivity index (χ2n) is 6.48. The zero-order valence-corrected chi connectivity index (χ0v) is 14.1. The predicted octanol–water partition coefficient (Wildman–Crippen LogP) is 3.01. The lowest BCUT2D eigenvalue weighted by Crippen LogP contribution is -2.38. The largest absolute Gasteiger partial charge is 0.488 e. The molecule has 130 valence electrons. The van der Waals surface area contributed by atoms with Gasteiger partial charge in [0, 0.05) is 12.1 Å². The van der Waals surface area contributed by atoms with Crippen molar-refractivity contribution in [2.24, 2.45) is 0 Å². The summed E-state index contributed by atoms with van der Waals surface area (Å²) in [6.45, 7) is 2.92. The fraction of sp³-hybridized carbons (Fsp3) is 0.350. The first-order chi connectivity index (χ1) is 12.3. The number of carbonyl (C=O) groups excluding carboxylic acids is 1. The predicted molar refractivity (Wildman–Crippen MR) is 95.2 cm³/mol. The molecule has 4 rings (SSSR count). The molecule has 1 fully saturated rings. The number of hydrogen-bond donors (Lipinski definition) is 1. The van der Waals surface area contributed by atoms with Gasteiger partial charge in [-0.25, -0.2) is 0 Å². The Labute approximate surface area is 147 Å². The van der Waals surface area contributed by atoms with E-state index in [0.717, 1.165) is 30.2 Å². The number of carbonyl (C=O) groups is 1. The lowest BCUT2D eigenvalue weighted by Gasteiger charge is -2.26. The summed E-state index contributed by atoms with van der Waals surface area (Å²) in [6, 6.07) is 11.7. The van der Waals surface area contributed by atoms with Gasteiger partial charge in [0.2, 0.25) is 0 Å². The summed E-state index contributed by atoms with van der Waals surface area (Å²) in [5, 5.41) is 3.06. The minimum absolute atomic E-state index is 0.0785. The van der Waals surface area contributed by atoms with Crippen LogP contribution < -0.4 is 10.1 Å². The van der Waals surface area contributed by atoms with E-state index in [0.29, 0.717) is 18.7 Å². The number of nitrogens with one attached hydrogen (secondary N) is 1.